The van der Waals surface area contributed by atoms with E-state index in [1.165, 1.54) is 5.56 Å². The second-order valence-electron chi connectivity index (χ2n) is 6.47. The van der Waals surface area contributed by atoms with E-state index in [1.807, 2.05) is 18.2 Å². The van der Waals surface area contributed by atoms with Crippen molar-refractivity contribution in [2.24, 2.45) is 0 Å². The summed E-state index contributed by atoms with van der Waals surface area (Å²) in [5, 5.41) is 9.93. The van der Waals surface area contributed by atoms with E-state index < -0.39 is 0 Å². The molecule has 133 valence electrons. The molecule has 4 heteroatoms. The normalized spacial score (nSPS) is 9.54. The van der Waals surface area contributed by atoms with Crippen molar-refractivity contribution in [2.75, 3.05) is 0 Å². The quantitative estimate of drug-likeness (QED) is 0.572. The van der Waals surface area contributed by atoms with Crippen molar-refractivity contribution in [1.29, 1.82) is 0 Å². The molecule has 2 rings (SSSR count). The molecule has 24 heavy (non-hydrogen) atoms. The van der Waals surface area contributed by atoms with Crippen LogP contribution in [0.25, 0.3) is 0 Å². The van der Waals surface area contributed by atoms with Gasteiger partial charge in [0, 0.05) is 0 Å². The second kappa shape index (κ2) is 13.9. The van der Waals surface area contributed by atoms with Crippen LogP contribution < -0.4 is 24.8 Å². The first-order valence-electron chi connectivity index (χ1n) is 7.88. The summed E-state index contributed by atoms with van der Waals surface area (Å²) in [6.45, 7) is 12.8. The third-order valence-corrected chi connectivity index (χ3v) is 3.70. The monoisotopic (exact) mass is 403 g/mol. The maximum absolute atomic E-state index is 9.93. The van der Waals surface area contributed by atoms with Crippen molar-refractivity contribution >= 4 is 0 Å². The first kappa shape index (κ1) is 28.5. The Morgan fingerprint density at radius 3 is 1.38 bits per heavy atom. The van der Waals surface area contributed by atoms with Gasteiger partial charge in [0.1, 0.15) is 5.75 Å². The topological polar surface area (TPSA) is 20.2 Å². The Balaban J connectivity index is -0.000000353. The van der Waals surface area contributed by atoms with Crippen LogP contribution in [0.2, 0.25) is 0 Å². The largest absolute Gasteiger partial charge is 3.00 e. The zero-order chi connectivity index (χ0) is 16.0. The standard InChI is InChI=1S/C12H18O.C8H11.2ClH.Ti/c1-8(2)10-6-5-7-11(9(3)4)12(10)13;1-7(2)8-5-3-4-6-8;;;/h5-9,13H,1-4H3;3-7H,1-2H3;2*1H;/q;-1;;;+3/p-2. The maximum Gasteiger partial charge on any atom is 3.00 e. The molecular weight excluding hydrogens is 375 g/mol. The first-order chi connectivity index (χ1) is 9.84. The Morgan fingerprint density at radius 2 is 1.12 bits per heavy atom. The number of aromatic hydroxyl groups is 1. The summed E-state index contributed by atoms with van der Waals surface area (Å²) < 4.78 is 0. The summed E-state index contributed by atoms with van der Waals surface area (Å²) in [7, 11) is 0. The Kier molecular flexibility index (Phi) is 16.5. The molecule has 0 fully saturated rings. The number of halogens is 2. The van der Waals surface area contributed by atoms with Gasteiger partial charge in [-0.1, -0.05) is 65.7 Å². The SMILES string of the molecule is CC(C)[c-]1cccc1.CC(C)c1cccc(C(C)C)c1O.[Cl-].[Cl-].[Ti+3]. The fourth-order valence-electron chi connectivity index (χ4n) is 2.29. The van der Waals surface area contributed by atoms with Crippen LogP contribution in [-0.2, 0) is 21.7 Å². The van der Waals surface area contributed by atoms with E-state index in [9.17, 15) is 5.11 Å². The number of phenolic OH excluding ortho intramolecular Hbond substituents is 1. The van der Waals surface area contributed by atoms with Gasteiger partial charge in [0.25, 0.3) is 0 Å². The van der Waals surface area contributed by atoms with Gasteiger partial charge in [0.15, 0.2) is 0 Å². The van der Waals surface area contributed by atoms with Gasteiger partial charge in [-0.3, -0.25) is 0 Å². The molecule has 1 radical (unpaired) electrons. The van der Waals surface area contributed by atoms with Gasteiger partial charge in [0.2, 0.25) is 0 Å². The minimum absolute atomic E-state index is 0. The molecule has 1 nitrogen and oxygen atoms in total. The van der Waals surface area contributed by atoms with Crippen LogP contribution in [0, 0.1) is 0 Å². The van der Waals surface area contributed by atoms with E-state index in [2.05, 4.69) is 65.8 Å². The van der Waals surface area contributed by atoms with E-state index in [0.717, 1.165) is 11.1 Å². The molecule has 0 aliphatic carbocycles. The predicted octanol–water partition coefficient (Wildman–Crippen LogP) is 0.173. The smallest absolute Gasteiger partial charge is 1.00 e. The van der Waals surface area contributed by atoms with Gasteiger partial charge in [-0.15, -0.1) is 0 Å². The minimum Gasteiger partial charge on any atom is -1.00 e. The first-order valence-corrected chi connectivity index (χ1v) is 7.88. The van der Waals surface area contributed by atoms with Crippen molar-refractivity contribution in [3.05, 3.63) is 59.2 Å². The molecule has 0 saturated heterocycles. The molecule has 0 amide bonds. The van der Waals surface area contributed by atoms with Gasteiger partial charge in [-0.2, -0.15) is 17.7 Å². The van der Waals surface area contributed by atoms with Gasteiger partial charge in [0.05, 0.1) is 0 Å². The van der Waals surface area contributed by atoms with Crippen LogP contribution in [0.3, 0.4) is 0 Å². The number of hydrogen-bond donors (Lipinski definition) is 1. The number of para-hydroxylation sites is 1. The van der Waals surface area contributed by atoms with Crippen molar-refractivity contribution in [2.45, 2.75) is 59.3 Å². The number of benzene rings is 1. The average Bonchev–Trinajstić information content (AvgIpc) is 2.93. The predicted molar refractivity (Wildman–Crippen MR) is 92.4 cm³/mol. The Bertz CT molecular complexity index is 508. The molecule has 2 aromatic carbocycles. The average molecular weight is 404 g/mol. The number of rotatable bonds is 3. The third-order valence-electron chi connectivity index (χ3n) is 3.70. The Morgan fingerprint density at radius 1 is 0.750 bits per heavy atom. The third kappa shape index (κ3) is 8.67. The summed E-state index contributed by atoms with van der Waals surface area (Å²) in [5.41, 5.74) is 3.53. The Hall–Kier alpha value is -0.336. The van der Waals surface area contributed by atoms with E-state index in [1.54, 1.807) is 0 Å². The van der Waals surface area contributed by atoms with Crippen LogP contribution in [0.4, 0.5) is 0 Å². The van der Waals surface area contributed by atoms with Crippen molar-refractivity contribution in [1.82, 2.24) is 0 Å². The zero-order valence-corrected chi connectivity index (χ0v) is 18.6. The molecule has 0 atom stereocenters. The van der Waals surface area contributed by atoms with E-state index >= 15 is 0 Å². The minimum atomic E-state index is 0. The summed E-state index contributed by atoms with van der Waals surface area (Å²) >= 11 is 0. The molecule has 0 saturated carbocycles. The summed E-state index contributed by atoms with van der Waals surface area (Å²) in [6.07, 6.45) is 0. The summed E-state index contributed by atoms with van der Waals surface area (Å²) in [5.74, 6) is 1.94. The van der Waals surface area contributed by atoms with Crippen LogP contribution in [0.1, 0.15) is 76.0 Å². The van der Waals surface area contributed by atoms with Crippen molar-refractivity contribution in [3.63, 3.8) is 0 Å². The van der Waals surface area contributed by atoms with Gasteiger partial charge in [-0.25, -0.2) is 12.1 Å². The van der Waals surface area contributed by atoms with Gasteiger partial charge >= 0.3 is 21.7 Å². The zero-order valence-electron chi connectivity index (χ0n) is 15.5. The van der Waals surface area contributed by atoms with Crippen LogP contribution in [0.5, 0.6) is 5.75 Å². The molecule has 0 unspecified atom stereocenters. The fourth-order valence-corrected chi connectivity index (χ4v) is 2.29. The molecule has 0 bridgehead atoms. The van der Waals surface area contributed by atoms with E-state index in [0.29, 0.717) is 23.5 Å². The van der Waals surface area contributed by atoms with Crippen LogP contribution >= 0.6 is 0 Å². The molecule has 2 aromatic rings. The molecule has 0 aliphatic heterocycles. The fraction of sp³-hybridized carbons (Fsp3) is 0.450. The molecule has 0 aromatic heterocycles. The molecule has 1 N–H and O–H groups in total. The molecular formula is C20H29Cl2OTi. The number of hydrogen-bond acceptors (Lipinski definition) is 1. The molecule has 0 spiro atoms. The number of phenols is 1. The van der Waals surface area contributed by atoms with Crippen LogP contribution in [-0.4, -0.2) is 5.11 Å². The maximum atomic E-state index is 9.93. The molecule has 0 aliphatic rings. The summed E-state index contributed by atoms with van der Waals surface area (Å²) in [6, 6.07) is 14.5. The van der Waals surface area contributed by atoms with Gasteiger partial charge < -0.3 is 29.9 Å². The molecule has 0 heterocycles. The van der Waals surface area contributed by atoms with E-state index in [-0.39, 0.29) is 46.5 Å². The second-order valence-corrected chi connectivity index (χ2v) is 6.47. The summed E-state index contributed by atoms with van der Waals surface area (Å²) in [4.78, 5) is 0. The van der Waals surface area contributed by atoms with Crippen LogP contribution in [0.15, 0.2) is 42.5 Å². The van der Waals surface area contributed by atoms with Gasteiger partial charge in [-0.05, 0) is 23.0 Å². The van der Waals surface area contributed by atoms with E-state index in [4.69, 9.17) is 0 Å². The van der Waals surface area contributed by atoms with Crippen molar-refractivity contribution in [3.8, 4) is 5.75 Å². The Labute approximate surface area is 175 Å². The van der Waals surface area contributed by atoms with Crippen molar-refractivity contribution < 1.29 is 51.6 Å².